The van der Waals surface area contributed by atoms with E-state index in [1.165, 1.54) is 4.90 Å². The number of nitrogens with zero attached hydrogens (tertiary/aromatic N) is 3. The number of carbonyl (C=O) groups is 1. The van der Waals surface area contributed by atoms with Gasteiger partial charge in [0.1, 0.15) is 11.5 Å². The monoisotopic (exact) mass is 661 g/mol. The number of likely N-dealkylation sites (N-methyl/N-ethyl adjacent to an activating group) is 2. The molecule has 0 fully saturated rings. The number of hydrogen-bond donors (Lipinski definition) is 2. The smallest absolute Gasteiger partial charge is 0.872 e. The zero-order chi connectivity index (χ0) is 29.9. The Morgan fingerprint density at radius 2 is 0.929 bits per heavy atom. The second kappa shape index (κ2) is 16.5. The minimum Gasteiger partial charge on any atom is -0.872 e. The van der Waals surface area contributed by atoms with Crippen molar-refractivity contribution in [3.63, 3.8) is 0 Å². The Labute approximate surface area is 261 Å². The Bertz CT molecular complexity index is 1340. The van der Waals surface area contributed by atoms with Gasteiger partial charge in [0.15, 0.2) is 0 Å². The molecule has 0 aliphatic carbocycles. The van der Waals surface area contributed by atoms with E-state index in [0.717, 1.165) is 6.41 Å². The van der Waals surface area contributed by atoms with Crippen molar-refractivity contribution in [1.29, 1.82) is 0 Å². The summed E-state index contributed by atoms with van der Waals surface area (Å²) in [6.45, 7) is 2.35. The summed E-state index contributed by atoms with van der Waals surface area (Å²) < 4.78 is 0. The predicted molar refractivity (Wildman–Crippen MR) is 158 cm³/mol. The molecule has 0 aliphatic rings. The van der Waals surface area contributed by atoms with Crippen LogP contribution in [0.15, 0.2) is 84.9 Å². The first-order chi connectivity index (χ1) is 19.6. The van der Waals surface area contributed by atoms with Crippen LogP contribution in [0, 0.1) is 0 Å². The Morgan fingerprint density at radius 1 is 0.595 bits per heavy atom. The average molecular weight is 662 g/mol. The number of aromatic hydroxyl groups is 2. The van der Waals surface area contributed by atoms with E-state index in [2.05, 4.69) is 9.80 Å². The Morgan fingerprint density at radius 3 is 1.26 bits per heavy atom. The zero-order valence-corrected chi connectivity index (χ0v) is 25.8. The molecule has 4 rings (SSSR count). The molecule has 224 valence electrons. The molecule has 0 saturated carbocycles. The van der Waals surface area contributed by atoms with E-state index in [1.54, 1.807) is 74.8 Å². The molecule has 4 aromatic rings. The number of benzene rings is 4. The molecule has 0 heterocycles. The fourth-order valence-corrected chi connectivity index (χ4v) is 4.33. The van der Waals surface area contributed by atoms with Gasteiger partial charge in [-0.05, 0) is 48.5 Å². The maximum atomic E-state index is 13.0. The summed E-state index contributed by atoms with van der Waals surface area (Å²) in [6.07, 6.45) is 0.750. The summed E-state index contributed by atoms with van der Waals surface area (Å²) in [5.74, 6) is 0.00407. The first-order valence-electron chi connectivity index (χ1n) is 13.3. The van der Waals surface area contributed by atoms with Crippen molar-refractivity contribution in [1.82, 2.24) is 14.7 Å². The molecule has 0 unspecified atom stereocenters. The van der Waals surface area contributed by atoms with Crippen LogP contribution in [0.25, 0.3) is 22.3 Å². The molecule has 0 saturated heterocycles. The first kappa shape index (κ1) is 34.3. The van der Waals surface area contributed by atoms with E-state index >= 15 is 0 Å². The van der Waals surface area contributed by atoms with Gasteiger partial charge in [-0.2, -0.15) is 0 Å². The van der Waals surface area contributed by atoms with Crippen molar-refractivity contribution in [2.75, 3.05) is 41.3 Å². The number of rotatable bonds is 10. The molecule has 0 aliphatic heterocycles. The average Bonchev–Trinajstić information content (AvgIpc) is 2.95. The SMILES string of the molecule is CN(C)C=O.CN(CCN(C)Cc1cccc(-c2ccccc2O)c1[O-])Cc1cccc(-c2ccccc2O)c1[O-].[Pd+2]. The van der Waals surface area contributed by atoms with Crippen molar-refractivity contribution in [2.45, 2.75) is 13.1 Å². The molecule has 0 radical (unpaired) electrons. The van der Waals surface area contributed by atoms with Crippen LogP contribution >= 0.6 is 0 Å². The third kappa shape index (κ3) is 9.33. The van der Waals surface area contributed by atoms with Crippen LogP contribution in [0.2, 0.25) is 0 Å². The van der Waals surface area contributed by atoms with E-state index in [9.17, 15) is 25.2 Å². The summed E-state index contributed by atoms with van der Waals surface area (Å²) in [7, 11) is 7.29. The summed E-state index contributed by atoms with van der Waals surface area (Å²) >= 11 is 0. The molecule has 42 heavy (non-hydrogen) atoms. The van der Waals surface area contributed by atoms with Gasteiger partial charge in [-0.3, -0.25) is 4.79 Å². The van der Waals surface area contributed by atoms with Gasteiger partial charge in [-0.15, -0.1) is 0 Å². The number of hydrogen-bond acceptors (Lipinski definition) is 7. The molecule has 0 bridgehead atoms. The Kier molecular flexibility index (Phi) is 13.5. The van der Waals surface area contributed by atoms with Crippen LogP contribution in [0.5, 0.6) is 23.0 Å². The minimum absolute atomic E-state index is 0. The molecular weight excluding hydrogens is 625 g/mol. The molecule has 9 heteroatoms. The minimum atomic E-state index is -0.0869. The molecule has 8 nitrogen and oxygen atoms in total. The quantitative estimate of drug-likeness (QED) is 0.196. The molecule has 0 aromatic heterocycles. The van der Waals surface area contributed by atoms with Crippen molar-refractivity contribution in [3.05, 3.63) is 96.1 Å². The molecule has 0 atom stereocenters. The first-order valence-corrected chi connectivity index (χ1v) is 13.3. The second-order valence-electron chi connectivity index (χ2n) is 10.2. The van der Waals surface area contributed by atoms with Crippen molar-refractivity contribution < 1.29 is 45.6 Å². The Hall–Kier alpha value is -3.87. The van der Waals surface area contributed by atoms with Gasteiger partial charge in [0, 0.05) is 51.4 Å². The largest absolute Gasteiger partial charge is 2.00 e. The third-order valence-corrected chi connectivity index (χ3v) is 6.54. The van der Waals surface area contributed by atoms with Crippen LogP contribution < -0.4 is 10.2 Å². The van der Waals surface area contributed by atoms with E-state index in [0.29, 0.717) is 59.6 Å². The molecule has 4 aromatic carbocycles. The molecule has 2 N–H and O–H groups in total. The topological polar surface area (TPSA) is 113 Å². The number of phenols is 2. The van der Waals surface area contributed by atoms with Crippen molar-refractivity contribution in [3.8, 4) is 45.3 Å². The maximum absolute atomic E-state index is 13.0. The predicted octanol–water partition coefficient (Wildman–Crippen LogP) is 3.84. The molecule has 1 amide bonds. The van der Waals surface area contributed by atoms with E-state index < -0.39 is 0 Å². The molecular formula is C33H37N3O5Pd. The van der Waals surface area contributed by atoms with E-state index in [-0.39, 0.29) is 43.4 Å². The van der Waals surface area contributed by atoms with Gasteiger partial charge in [0.05, 0.1) is 0 Å². The van der Waals surface area contributed by atoms with Gasteiger partial charge in [-0.25, -0.2) is 0 Å². The number of phenolic OH excluding ortho intramolecular Hbond substituents is 2. The summed E-state index contributed by atoms with van der Waals surface area (Å²) in [6, 6.07) is 24.5. The number of para-hydroxylation sites is 4. The van der Waals surface area contributed by atoms with Crippen molar-refractivity contribution >= 4 is 6.41 Å². The van der Waals surface area contributed by atoms with Crippen LogP contribution in [0.3, 0.4) is 0 Å². The van der Waals surface area contributed by atoms with Gasteiger partial charge in [0.25, 0.3) is 0 Å². The normalized spacial score (nSPS) is 10.5. The van der Waals surface area contributed by atoms with Crippen LogP contribution in [-0.2, 0) is 38.3 Å². The van der Waals surface area contributed by atoms with Crippen molar-refractivity contribution in [2.24, 2.45) is 0 Å². The zero-order valence-electron chi connectivity index (χ0n) is 24.3. The van der Waals surface area contributed by atoms with Gasteiger partial charge in [0.2, 0.25) is 6.41 Å². The van der Waals surface area contributed by atoms with Crippen LogP contribution in [0.1, 0.15) is 11.1 Å². The van der Waals surface area contributed by atoms with Crippen LogP contribution in [-0.4, -0.2) is 72.6 Å². The summed E-state index contributed by atoms with van der Waals surface area (Å²) in [5, 5.41) is 46.4. The van der Waals surface area contributed by atoms with E-state index in [1.807, 2.05) is 38.4 Å². The number of carbonyl (C=O) groups excluding carboxylic acids is 1. The summed E-state index contributed by atoms with van der Waals surface area (Å²) in [5.41, 5.74) is 3.38. The fraction of sp³-hybridized carbons (Fsp3) is 0.242. The fourth-order valence-electron chi connectivity index (χ4n) is 4.33. The van der Waals surface area contributed by atoms with Gasteiger partial charge in [-0.1, -0.05) is 84.3 Å². The van der Waals surface area contributed by atoms with Gasteiger partial charge >= 0.3 is 20.4 Å². The number of amides is 1. The summed E-state index contributed by atoms with van der Waals surface area (Å²) in [4.78, 5) is 15.0. The standard InChI is InChI=1S/C30H32N2O4.C3H7NO.Pd/c1-31(19-21-9-7-13-25(29(21)35)23-11-3-5-15-27(23)33)17-18-32(2)20-22-10-8-14-26(30(22)36)24-12-4-6-16-28(24)34;1-4(2)3-5;/h3-16,33-36H,17-20H2,1-2H3;3H,1-2H3;/q;;+2/p-2. The van der Waals surface area contributed by atoms with Crippen LogP contribution in [0.4, 0.5) is 0 Å². The Balaban J connectivity index is 0.000000947. The maximum Gasteiger partial charge on any atom is 2.00 e. The van der Waals surface area contributed by atoms with Gasteiger partial charge < -0.3 is 35.1 Å². The van der Waals surface area contributed by atoms with E-state index in [4.69, 9.17) is 0 Å². The second-order valence-corrected chi connectivity index (χ2v) is 10.2. The molecule has 0 spiro atoms. The third-order valence-electron chi connectivity index (χ3n) is 6.54.